The molecule has 164 valence electrons. The smallest absolute Gasteiger partial charge is 0.225 e. The van der Waals surface area contributed by atoms with Gasteiger partial charge in [-0.3, -0.25) is 14.8 Å². The molecule has 1 amide bonds. The van der Waals surface area contributed by atoms with Crippen molar-refractivity contribution in [2.75, 3.05) is 26.2 Å². The van der Waals surface area contributed by atoms with Gasteiger partial charge in [0.1, 0.15) is 0 Å². The zero-order chi connectivity index (χ0) is 20.4. The molecule has 0 aliphatic carbocycles. The number of piperidine rings is 1. The zero-order valence-corrected chi connectivity index (χ0v) is 20.1. The van der Waals surface area contributed by atoms with Crippen molar-refractivity contribution in [3.8, 4) is 0 Å². The molecule has 29 heavy (non-hydrogen) atoms. The third kappa shape index (κ3) is 8.08. The summed E-state index contributed by atoms with van der Waals surface area (Å²) in [6.45, 7) is 8.79. The highest BCUT2D eigenvalue weighted by molar-refractivity contribution is 14.0. The van der Waals surface area contributed by atoms with Crippen molar-refractivity contribution < 1.29 is 9.90 Å². The summed E-state index contributed by atoms with van der Waals surface area (Å²) in [5.41, 5.74) is 0.808. The fourth-order valence-electron chi connectivity index (χ4n) is 3.52. The Morgan fingerprint density at radius 1 is 1.24 bits per heavy atom. The lowest BCUT2D eigenvalue weighted by Crippen LogP contribution is -2.50. The van der Waals surface area contributed by atoms with Gasteiger partial charge in [0, 0.05) is 44.0 Å². The molecule has 1 saturated heterocycles. The SMILES string of the molecule is CCNC(=NCC(O)c1ccncc1)NC1CCN(C(=O)C(CC)CC)CC1.I. The molecule has 3 N–H and O–H groups in total. The molecule has 2 rings (SSSR count). The van der Waals surface area contributed by atoms with Crippen LogP contribution in [0.5, 0.6) is 0 Å². The summed E-state index contributed by atoms with van der Waals surface area (Å²) in [5.74, 6) is 1.16. The second-order valence-electron chi connectivity index (χ2n) is 7.27. The van der Waals surface area contributed by atoms with Crippen LogP contribution in [0.1, 0.15) is 58.1 Å². The molecule has 0 aromatic carbocycles. The number of aliphatic hydroxyl groups is 1. The summed E-state index contributed by atoms with van der Waals surface area (Å²) in [7, 11) is 0. The predicted molar refractivity (Wildman–Crippen MR) is 127 cm³/mol. The highest BCUT2D eigenvalue weighted by atomic mass is 127. The van der Waals surface area contributed by atoms with Gasteiger partial charge in [0.2, 0.25) is 5.91 Å². The average molecular weight is 517 g/mol. The number of guanidine groups is 1. The lowest BCUT2D eigenvalue weighted by molar-refractivity contribution is -0.136. The molecule has 0 bridgehead atoms. The van der Waals surface area contributed by atoms with E-state index in [1.807, 2.05) is 11.8 Å². The Morgan fingerprint density at radius 3 is 2.41 bits per heavy atom. The third-order valence-electron chi connectivity index (χ3n) is 5.34. The fraction of sp³-hybridized carbons (Fsp3) is 0.667. The van der Waals surface area contributed by atoms with E-state index in [1.54, 1.807) is 24.5 Å². The van der Waals surface area contributed by atoms with Crippen LogP contribution in [0.3, 0.4) is 0 Å². The van der Waals surface area contributed by atoms with Crippen LogP contribution < -0.4 is 10.6 Å². The monoisotopic (exact) mass is 517 g/mol. The number of likely N-dealkylation sites (tertiary alicyclic amines) is 1. The van der Waals surface area contributed by atoms with Crippen molar-refractivity contribution in [1.82, 2.24) is 20.5 Å². The summed E-state index contributed by atoms with van der Waals surface area (Å²) in [6, 6.07) is 3.88. The molecule has 1 fully saturated rings. The minimum absolute atomic E-state index is 0. The van der Waals surface area contributed by atoms with E-state index in [1.165, 1.54) is 0 Å². The molecule has 1 aromatic heterocycles. The lowest BCUT2D eigenvalue weighted by Gasteiger charge is -2.35. The van der Waals surface area contributed by atoms with Gasteiger partial charge in [-0.15, -0.1) is 24.0 Å². The highest BCUT2D eigenvalue weighted by Crippen LogP contribution is 2.17. The quantitative estimate of drug-likeness (QED) is 0.280. The molecule has 1 aliphatic heterocycles. The predicted octanol–water partition coefficient (Wildman–Crippen LogP) is 2.72. The third-order valence-corrected chi connectivity index (χ3v) is 5.34. The number of rotatable bonds is 8. The Morgan fingerprint density at radius 2 is 1.86 bits per heavy atom. The van der Waals surface area contributed by atoms with E-state index in [4.69, 9.17) is 0 Å². The average Bonchev–Trinajstić information content (AvgIpc) is 2.74. The number of nitrogens with one attached hydrogen (secondary N) is 2. The van der Waals surface area contributed by atoms with E-state index in [-0.39, 0.29) is 42.5 Å². The van der Waals surface area contributed by atoms with Crippen molar-refractivity contribution in [3.63, 3.8) is 0 Å². The Balaban J connectivity index is 0.00000420. The van der Waals surface area contributed by atoms with Gasteiger partial charge in [-0.2, -0.15) is 0 Å². The first-order valence-corrected chi connectivity index (χ1v) is 10.5. The number of aliphatic hydroxyl groups excluding tert-OH is 1. The summed E-state index contributed by atoms with van der Waals surface area (Å²) >= 11 is 0. The molecule has 7 nitrogen and oxygen atoms in total. The van der Waals surface area contributed by atoms with Gasteiger partial charge in [0.05, 0.1) is 12.6 Å². The Bertz CT molecular complexity index is 617. The number of pyridine rings is 1. The molecule has 0 spiro atoms. The van der Waals surface area contributed by atoms with Crippen molar-refractivity contribution in [2.24, 2.45) is 10.9 Å². The van der Waals surface area contributed by atoms with Crippen LogP contribution >= 0.6 is 24.0 Å². The minimum Gasteiger partial charge on any atom is -0.386 e. The number of aromatic nitrogens is 1. The van der Waals surface area contributed by atoms with Gasteiger partial charge in [-0.25, -0.2) is 0 Å². The second-order valence-corrected chi connectivity index (χ2v) is 7.27. The first-order chi connectivity index (χ1) is 13.6. The van der Waals surface area contributed by atoms with Crippen molar-refractivity contribution in [2.45, 2.75) is 58.6 Å². The summed E-state index contributed by atoms with van der Waals surface area (Å²) < 4.78 is 0. The summed E-state index contributed by atoms with van der Waals surface area (Å²) in [6.07, 6.45) is 6.31. The molecule has 0 saturated carbocycles. The molecular weight excluding hydrogens is 481 g/mol. The van der Waals surface area contributed by atoms with E-state index in [9.17, 15) is 9.90 Å². The van der Waals surface area contributed by atoms with Crippen LogP contribution in [0.4, 0.5) is 0 Å². The normalized spacial score (nSPS) is 16.3. The van der Waals surface area contributed by atoms with Gasteiger partial charge in [0.15, 0.2) is 5.96 Å². The molecule has 1 atom stereocenters. The number of halogens is 1. The minimum atomic E-state index is -0.655. The zero-order valence-electron chi connectivity index (χ0n) is 17.8. The molecule has 2 heterocycles. The van der Waals surface area contributed by atoms with Crippen LogP contribution in [0.25, 0.3) is 0 Å². The molecule has 1 aromatic rings. The Kier molecular flexibility index (Phi) is 12.1. The van der Waals surface area contributed by atoms with Crippen LogP contribution in [-0.4, -0.2) is 59.1 Å². The topological polar surface area (TPSA) is 89.8 Å². The van der Waals surface area contributed by atoms with Gasteiger partial charge >= 0.3 is 0 Å². The highest BCUT2D eigenvalue weighted by Gasteiger charge is 2.26. The van der Waals surface area contributed by atoms with E-state index in [0.29, 0.717) is 11.9 Å². The van der Waals surface area contributed by atoms with E-state index in [0.717, 1.165) is 50.9 Å². The van der Waals surface area contributed by atoms with Crippen molar-refractivity contribution in [1.29, 1.82) is 0 Å². The van der Waals surface area contributed by atoms with Crippen LogP contribution in [0.2, 0.25) is 0 Å². The number of nitrogens with zero attached hydrogens (tertiary/aromatic N) is 3. The van der Waals surface area contributed by atoms with Crippen LogP contribution in [0, 0.1) is 5.92 Å². The summed E-state index contributed by atoms with van der Waals surface area (Å²) in [5, 5.41) is 17.0. The van der Waals surface area contributed by atoms with Gasteiger partial charge in [0.25, 0.3) is 0 Å². The number of amides is 1. The summed E-state index contributed by atoms with van der Waals surface area (Å²) in [4.78, 5) is 23.1. The molecule has 1 unspecified atom stereocenters. The van der Waals surface area contributed by atoms with Gasteiger partial charge < -0.3 is 20.6 Å². The van der Waals surface area contributed by atoms with E-state index >= 15 is 0 Å². The van der Waals surface area contributed by atoms with Crippen LogP contribution in [0.15, 0.2) is 29.5 Å². The number of aliphatic imine (C=N–C) groups is 1. The number of hydrogen-bond acceptors (Lipinski definition) is 4. The Hall–Kier alpha value is -1.42. The molecule has 0 radical (unpaired) electrons. The fourth-order valence-corrected chi connectivity index (χ4v) is 3.52. The molecule has 1 aliphatic rings. The van der Waals surface area contributed by atoms with E-state index < -0.39 is 6.10 Å². The van der Waals surface area contributed by atoms with Crippen molar-refractivity contribution in [3.05, 3.63) is 30.1 Å². The van der Waals surface area contributed by atoms with Crippen LogP contribution in [-0.2, 0) is 4.79 Å². The maximum Gasteiger partial charge on any atom is 0.225 e. The number of carbonyl (C=O) groups excluding carboxylic acids is 1. The first kappa shape index (κ1) is 25.6. The maximum absolute atomic E-state index is 12.5. The Labute approximate surface area is 191 Å². The first-order valence-electron chi connectivity index (χ1n) is 10.5. The van der Waals surface area contributed by atoms with Gasteiger partial charge in [-0.05, 0) is 50.3 Å². The lowest BCUT2D eigenvalue weighted by atomic mass is 9.98. The second kappa shape index (κ2) is 13.7. The van der Waals surface area contributed by atoms with E-state index in [2.05, 4.69) is 34.5 Å². The standard InChI is InChI=1S/C21H35N5O2.HI/c1-4-16(5-2)20(28)26-13-9-18(10-14-26)25-21(23-6-3)24-15-19(27)17-7-11-22-12-8-17;/h7-8,11-12,16,18-19,27H,4-6,9-10,13-15H2,1-3H3,(H2,23,24,25);1H. The largest absolute Gasteiger partial charge is 0.386 e. The molecule has 8 heteroatoms. The maximum atomic E-state index is 12.5. The number of carbonyl (C=O) groups is 1. The number of hydrogen-bond donors (Lipinski definition) is 3. The van der Waals surface area contributed by atoms with Crippen molar-refractivity contribution >= 4 is 35.8 Å². The van der Waals surface area contributed by atoms with Gasteiger partial charge in [-0.1, -0.05) is 13.8 Å². The molecular formula is C21H36IN5O2.